The van der Waals surface area contributed by atoms with E-state index in [1.807, 2.05) is 0 Å². The van der Waals surface area contributed by atoms with Crippen molar-refractivity contribution in [1.82, 2.24) is 0 Å². The number of esters is 1. The Balaban J connectivity index is 1.30. The van der Waals surface area contributed by atoms with Crippen LogP contribution in [0.15, 0.2) is 54.6 Å². The van der Waals surface area contributed by atoms with Crippen molar-refractivity contribution in [2.24, 2.45) is 0 Å². The zero-order chi connectivity index (χ0) is 23.1. The van der Waals surface area contributed by atoms with Gasteiger partial charge in [0, 0.05) is 12.0 Å². The minimum Gasteiger partial charge on any atom is -0.461 e. The highest BCUT2D eigenvalue weighted by Gasteiger charge is 2.10. The van der Waals surface area contributed by atoms with Gasteiger partial charge in [-0.05, 0) is 34.0 Å². The molecule has 0 fully saturated rings. The summed E-state index contributed by atoms with van der Waals surface area (Å²) in [7, 11) is 0. The lowest BCUT2D eigenvalue weighted by Gasteiger charge is -2.12. The number of carbonyl (C=O) groups excluding carboxylic acids is 1. The lowest BCUT2D eigenvalue weighted by atomic mass is 9.97. The predicted octanol–water partition coefficient (Wildman–Crippen LogP) is 9.52. The Hall–Kier alpha value is -2.35. The molecule has 3 rings (SSSR count). The van der Waals surface area contributed by atoms with Crippen molar-refractivity contribution in [3.05, 3.63) is 60.2 Å². The van der Waals surface area contributed by atoms with Gasteiger partial charge in [-0.2, -0.15) is 0 Å². The second-order valence-electron chi connectivity index (χ2n) is 9.45. The largest absolute Gasteiger partial charge is 0.461 e. The van der Waals surface area contributed by atoms with Crippen LogP contribution in [0.2, 0.25) is 0 Å². The molecule has 0 aromatic heterocycles. The van der Waals surface area contributed by atoms with Crippen LogP contribution in [0, 0.1) is 0 Å². The van der Waals surface area contributed by atoms with Crippen molar-refractivity contribution in [2.45, 2.75) is 103 Å². The van der Waals surface area contributed by atoms with E-state index in [2.05, 4.69) is 61.5 Å². The quantitative estimate of drug-likeness (QED) is 0.124. The normalized spacial score (nSPS) is 11.3. The lowest BCUT2D eigenvalue weighted by molar-refractivity contribution is -0.145. The molecule has 0 bridgehead atoms. The Morgan fingerprint density at radius 3 is 1.61 bits per heavy atom. The molecule has 0 aliphatic heterocycles. The molecular formula is C31H42O2. The van der Waals surface area contributed by atoms with Crippen molar-refractivity contribution in [3.8, 4) is 0 Å². The van der Waals surface area contributed by atoms with Crippen LogP contribution in [0.4, 0.5) is 0 Å². The first kappa shape index (κ1) is 25.3. The van der Waals surface area contributed by atoms with Gasteiger partial charge in [0.05, 0.1) is 0 Å². The number of benzene rings is 3. The first-order valence-corrected chi connectivity index (χ1v) is 13.3. The van der Waals surface area contributed by atoms with Crippen LogP contribution in [-0.4, -0.2) is 5.97 Å². The molecule has 2 nitrogen and oxygen atoms in total. The van der Waals surface area contributed by atoms with E-state index in [0.29, 0.717) is 13.0 Å². The third-order valence-electron chi connectivity index (χ3n) is 6.74. The summed E-state index contributed by atoms with van der Waals surface area (Å²) in [6, 6.07) is 18.9. The van der Waals surface area contributed by atoms with Gasteiger partial charge in [-0.1, -0.05) is 133 Å². The van der Waals surface area contributed by atoms with Gasteiger partial charge in [0.1, 0.15) is 6.61 Å². The molecule has 2 heteroatoms. The number of fused-ring (bicyclic) bond motifs is 2. The molecule has 0 spiro atoms. The minimum atomic E-state index is -0.0740. The number of unbranched alkanes of at least 4 members (excludes halogenated alkanes) is 12. The molecule has 0 saturated heterocycles. The standard InChI is InChI=1S/C31H42O2/c1-2-3-4-5-6-7-8-9-10-11-12-13-14-23-31(32)33-25-30-28-21-17-15-19-26(28)24-27-20-16-18-22-29(27)30/h15-22,24H,2-14,23,25H2,1H3. The monoisotopic (exact) mass is 446 g/mol. The first-order chi connectivity index (χ1) is 16.3. The lowest BCUT2D eigenvalue weighted by Crippen LogP contribution is -2.05. The van der Waals surface area contributed by atoms with Gasteiger partial charge in [0.15, 0.2) is 0 Å². The molecular weight excluding hydrogens is 404 g/mol. The Kier molecular flexibility index (Phi) is 11.3. The summed E-state index contributed by atoms with van der Waals surface area (Å²) in [5, 5.41) is 4.73. The molecule has 178 valence electrons. The predicted molar refractivity (Wildman–Crippen MR) is 142 cm³/mol. The Bertz CT molecular complexity index is 921. The van der Waals surface area contributed by atoms with Crippen molar-refractivity contribution in [3.63, 3.8) is 0 Å². The van der Waals surface area contributed by atoms with E-state index in [1.54, 1.807) is 0 Å². The summed E-state index contributed by atoms with van der Waals surface area (Å²) in [5.41, 5.74) is 1.11. The molecule has 0 heterocycles. The molecule has 0 unspecified atom stereocenters. The zero-order valence-corrected chi connectivity index (χ0v) is 20.6. The highest BCUT2D eigenvalue weighted by atomic mass is 16.5. The fourth-order valence-electron chi connectivity index (χ4n) is 4.78. The fraction of sp³-hybridized carbons (Fsp3) is 0.516. The van der Waals surface area contributed by atoms with Crippen LogP contribution in [-0.2, 0) is 16.1 Å². The number of rotatable bonds is 16. The smallest absolute Gasteiger partial charge is 0.306 e. The highest BCUT2D eigenvalue weighted by molar-refractivity contribution is 6.02. The van der Waals surface area contributed by atoms with Crippen molar-refractivity contribution >= 4 is 27.5 Å². The van der Waals surface area contributed by atoms with Crippen LogP contribution < -0.4 is 0 Å². The molecule has 0 atom stereocenters. The topological polar surface area (TPSA) is 26.3 Å². The molecule has 0 saturated carbocycles. The summed E-state index contributed by atoms with van der Waals surface area (Å²) in [5.74, 6) is -0.0740. The molecule has 0 N–H and O–H groups in total. The van der Waals surface area contributed by atoms with Gasteiger partial charge in [0.25, 0.3) is 0 Å². The average molecular weight is 447 g/mol. The van der Waals surface area contributed by atoms with Crippen molar-refractivity contribution < 1.29 is 9.53 Å². The maximum atomic E-state index is 12.4. The van der Waals surface area contributed by atoms with E-state index >= 15 is 0 Å². The molecule has 0 radical (unpaired) electrons. The van der Waals surface area contributed by atoms with Gasteiger partial charge in [0.2, 0.25) is 0 Å². The average Bonchev–Trinajstić information content (AvgIpc) is 2.84. The van der Waals surface area contributed by atoms with Gasteiger partial charge in [-0.3, -0.25) is 4.79 Å². The third kappa shape index (κ3) is 8.50. The number of hydrogen-bond acceptors (Lipinski definition) is 2. The van der Waals surface area contributed by atoms with E-state index in [1.165, 1.54) is 92.2 Å². The van der Waals surface area contributed by atoms with E-state index in [0.717, 1.165) is 18.4 Å². The summed E-state index contributed by atoms with van der Waals surface area (Å²) >= 11 is 0. The maximum absolute atomic E-state index is 12.4. The van der Waals surface area contributed by atoms with E-state index < -0.39 is 0 Å². The summed E-state index contributed by atoms with van der Waals surface area (Å²) in [4.78, 5) is 12.4. The molecule has 3 aromatic carbocycles. The van der Waals surface area contributed by atoms with Crippen LogP contribution in [0.1, 0.15) is 102 Å². The van der Waals surface area contributed by atoms with Crippen molar-refractivity contribution in [2.75, 3.05) is 0 Å². The Morgan fingerprint density at radius 2 is 1.09 bits per heavy atom. The fourth-order valence-corrected chi connectivity index (χ4v) is 4.78. The third-order valence-corrected chi connectivity index (χ3v) is 6.74. The molecule has 0 aliphatic rings. The van der Waals surface area contributed by atoms with E-state index in [9.17, 15) is 4.79 Å². The van der Waals surface area contributed by atoms with Crippen LogP contribution in [0.3, 0.4) is 0 Å². The number of carbonyl (C=O) groups is 1. The SMILES string of the molecule is CCCCCCCCCCCCCCCC(=O)OCc1c2ccccc2cc2ccccc12. The van der Waals surface area contributed by atoms with Crippen molar-refractivity contribution in [1.29, 1.82) is 0 Å². The van der Waals surface area contributed by atoms with Gasteiger partial charge in [-0.25, -0.2) is 0 Å². The first-order valence-electron chi connectivity index (χ1n) is 13.3. The van der Waals surface area contributed by atoms with E-state index in [4.69, 9.17) is 4.74 Å². The Morgan fingerprint density at radius 1 is 0.636 bits per heavy atom. The Labute approximate surface area is 200 Å². The van der Waals surface area contributed by atoms with E-state index in [-0.39, 0.29) is 5.97 Å². The van der Waals surface area contributed by atoms with Crippen LogP contribution >= 0.6 is 0 Å². The summed E-state index contributed by atoms with van der Waals surface area (Å²) in [6.45, 7) is 2.62. The number of ether oxygens (including phenoxy) is 1. The van der Waals surface area contributed by atoms with Gasteiger partial charge >= 0.3 is 5.97 Å². The number of hydrogen-bond donors (Lipinski definition) is 0. The zero-order valence-electron chi connectivity index (χ0n) is 20.6. The second-order valence-corrected chi connectivity index (χ2v) is 9.45. The minimum absolute atomic E-state index is 0.0740. The molecule has 33 heavy (non-hydrogen) atoms. The summed E-state index contributed by atoms with van der Waals surface area (Å²) in [6.07, 6.45) is 17.6. The second kappa shape index (κ2) is 14.7. The maximum Gasteiger partial charge on any atom is 0.306 e. The highest BCUT2D eigenvalue weighted by Crippen LogP contribution is 2.29. The molecule has 0 aliphatic carbocycles. The van der Waals surface area contributed by atoms with Gasteiger partial charge in [-0.15, -0.1) is 0 Å². The molecule has 3 aromatic rings. The molecule has 0 amide bonds. The van der Waals surface area contributed by atoms with Crippen LogP contribution in [0.25, 0.3) is 21.5 Å². The summed E-state index contributed by atoms with van der Waals surface area (Å²) < 4.78 is 5.71. The van der Waals surface area contributed by atoms with Crippen LogP contribution in [0.5, 0.6) is 0 Å². The van der Waals surface area contributed by atoms with Gasteiger partial charge < -0.3 is 4.74 Å².